The van der Waals surface area contributed by atoms with E-state index in [1.807, 2.05) is 36.4 Å². The number of rotatable bonds is 4. The topological polar surface area (TPSA) is 58.2 Å². The first-order valence-electron chi connectivity index (χ1n) is 9.86. The maximum atomic E-state index is 12.7. The molecular weight excluding hydrogens is 348 g/mol. The van der Waals surface area contributed by atoms with Crippen LogP contribution in [0, 0.1) is 0 Å². The molecule has 142 valence electrons. The second-order valence-corrected chi connectivity index (χ2v) is 7.36. The highest BCUT2D eigenvalue weighted by Crippen LogP contribution is 2.26. The third-order valence-electron chi connectivity index (χ3n) is 5.41. The second kappa shape index (κ2) is 8.26. The lowest BCUT2D eigenvalue weighted by atomic mass is 9.87. The summed E-state index contributed by atoms with van der Waals surface area (Å²) in [5.41, 5.74) is 2.66. The molecular formula is C24H24N2O2. The van der Waals surface area contributed by atoms with Crippen molar-refractivity contribution in [1.82, 2.24) is 10.6 Å². The summed E-state index contributed by atoms with van der Waals surface area (Å²) < 4.78 is 0. The molecule has 0 spiro atoms. The Morgan fingerprint density at radius 2 is 1.07 bits per heavy atom. The smallest absolute Gasteiger partial charge is 0.187 e. The number of benzene rings is 2. The highest BCUT2D eigenvalue weighted by atomic mass is 16.1. The molecule has 1 saturated heterocycles. The summed E-state index contributed by atoms with van der Waals surface area (Å²) in [6.07, 6.45) is 7.70. The number of carbonyl (C=O) groups excluding carboxylic acids is 2. The molecule has 0 amide bonds. The van der Waals surface area contributed by atoms with Gasteiger partial charge >= 0.3 is 0 Å². The fourth-order valence-electron chi connectivity index (χ4n) is 3.90. The van der Waals surface area contributed by atoms with Crippen LogP contribution in [0.15, 0.2) is 84.2 Å². The summed E-state index contributed by atoms with van der Waals surface area (Å²) in [6, 6.07) is 19.0. The molecule has 1 heterocycles. The number of carbonyl (C=O) groups is 2. The lowest BCUT2D eigenvalue weighted by Gasteiger charge is -2.40. The van der Waals surface area contributed by atoms with Gasteiger partial charge in [-0.2, -0.15) is 0 Å². The molecule has 1 saturated carbocycles. The van der Waals surface area contributed by atoms with E-state index >= 15 is 0 Å². The van der Waals surface area contributed by atoms with Crippen LogP contribution in [-0.4, -0.2) is 23.7 Å². The first-order valence-corrected chi connectivity index (χ1v) is 9.86. The molecule has 2 N–H and O–H groups in total. The van der Waals surface area contributed by atoms with Crippen molar-refractivity contribution in [2.75, 3.05) is 0 Å². The molecule has 4 nitrogen and oxygen atoms in total. The summed E-state index contributed by atoms with van der Waals surface area (Å²) in [4.78, 5) is 25.4. The van der Waals surface area contributed by atoms with Gasteiger partial charge in [0.25, 0.3) is 0 Å². The molecule has 0 unspecified atom stereocenters. The van der Waals surface area contributed by atoms with Gasteiger partial charge in [-0.1, -0.05) is 73.5 Å². The van der Waals surface area contributed by atoms with Crippen LogP contribution < -0.4 is 10.6 Å². The van der Waals surface area contributed by atoms with Crippen molar-refractivity contribution in [2.45, 2.75) is 37.8 Å². The van der Waals surface area contributed by atoms with Gasteiger partial charge in [-0.15, -0.1) is 0 Å². The Bertz CT molecular complexity index is 839. The van der Waals surface area contributed by atoms with E-state index in [2.05, 4.69) is 10.6 Å². The summed E-state index contributed by atoms with van der Waals surface area (Å²) in [5, 5.41) is 7.04. The second-order valence-electron chi connectivity index (χ2n) is 7.36. The molecule has 2 atom stereocenters. The Balaban J connectivity index is 1.65. The molecule has 4 rings (SSSR count). The van der Waals surface area contributed by atoms with Crippen LogP contribution in [0.25, 0.3) is 0 Å². The first-order chi connectivity index (χ1) is 13.7. The molecule has 2 aromatic carbocycles. The largest absolute Gasteiger partial charge is 0.378 e. The minimum absolute atomic E-state index is 0.0720. The van der Waals surface area contributed by atoms with Crippen LogP contribution in [0.3, 0.4) is 0 Å². The van der Waals surface area contributed by atoms with Crippen molar-refractivity contribution in [3.8, 4) is 0 Å². The molecule has 0 radical (unpaired) electrons. The zero-order valence-electron chi connectivity index (χ0n) is 15.7. The lowest BCUT2D eigenvalue weighted by Crippen LogP contribution is -2.55. The summed E-state index contributed by atoms with van der Waals surface area (Å²) in [7, 11) is 0. The highest BCUT2D eigenvalue weighted by Gasteiger charge is 2.31. The number of ketones is 2. The van der Waals surface area contributed by atoms with Crippen molar-refractivity contribution < 1.29 is 9.59 Å². The number of hydrogen-bond donors (Lipinski definition) is 2. The van der Waals surface area contributed by atoms with Gasteiger partial charge in [-0.05, 0) is 12.8 Å². The first kappa shape index (κ1) is 18.2. The zero-order valence-corrected chi connectivity index (χ0v) is 15.7. The van der Waals surface area contributed by atoms with E-state index in [0.29, 0.717) is 22.5 Å². The van der Waals surface area contributed by atoms with E-state index in [0.717, 1.165) is 12.8 Å². The van der Waals surface area contributed by atoms with Crippen molar-refractivity contribution in [3.63, 3.8) is 0 Å². The fourth-order valence-corrected chi connectivity index (χ4v) is 3.90. The van der Waals surface area contributed by atoms with Crippen molar-refractivity contribution in [2.24, 2.45) is 0 Å². The van der Waals surface area contributed by atoms with E-state index < -0.39 is 0 Å². The normalized spacial score (nSPS) is 24.1. The third-order valence-corrected chi connectivity index (χ3v) is 5.41. The van der Waals surface area contributed by atoms with E-state index in [-0.39, 0.29) is 23.7 Å². The predicted octanol–water partition coefficient (Wildman–Crippen LogP) is 4.02. The van der Waals surface area contributed by atoms with Gasteiger partial charge in [0.2, 0.25) is 0 Å². The summed E-state index contributed by atoms with van der Waals surface area (Å²) >= 11 is 0. The molecule has 28 heavy (non-hydrogen) atoms. The predicted molar refractivity (Wildman–Crippen MR) is 110 cm³/mol. The quantitative estimate of drug-likeness (QED) is 0.629. The van der Waals surface area contributed by atoms with Crippen LogP contribution in [-0.2, 0) is 0 Å². The Morgan fingerprint density at radius 3 is 1.46 bits per heavy atom. The van der Waals surface area contributed by atoms with Crippen molar-refractivity contribution in [1.29, 1.82) is 0 Å². The van der Waals surface area contributed by atoms with Crippen LogP contribution in [0.4, 0.5) is 0 Å². The zero-order chi connectivity index (χ0) is 19.3. The monoisotopic (exact) mass is 372 g/mol. The molecule has 2 aromatic rings. The van der Waals surface area contributed by atoms with Gasteiger partial charge in [0.05, 0.1) is 11.4 Å². The number of hydrogen-bond acceptors (Lipinski definition) is 4. The van der Waals surface area contributed by atoms with E-state index in [9.17, 15) is 9.59 Å². The van der Waals surface area contributed by atoms with Gasteiger partial charge in [0.1, 0.15) is 0 Å². The van der Waals surface area contributed by atoms with Crippen molar-refractivity contribution >= 4 is 11.6 Å². The maximum Gasteiger partial charge on any atom is 0.187 e. The number of fused-ring (bicyclic) bond motifs is 1. The fraction of sp³-hybridized carbons (Fsp3) is 0.250. The Labute approximate surface area is 165 Å². The van der Waals surface area contributed by atoms with Gasteiger partial charge in [0, 0.05) is 35.4 Å². The molecule has 2 aliphatic rings. The summed E-state index contributed by atoms with van der Waals surface area (Å²) in [6.45, 7) is 0. The van der Waals surface area contributed by atoms with Gasteiger partial charge in [0.15, 0.2) is 11.6 Å². The van der Waals surface area contributed by atoms with Crippen LogP contribution in [0.5, 0.6) is 0 Å². The van der Waals surface area contributed by atoms with E-state index in [4.69, 9.17) is 0 Å². The average Bonchev–Trinajstić information content (AvgIpc) is 2.75. The van der Waals surface area contributed by atoms with Gasteiger partial charge in [-0.3, -0.25) is 9.59 Å². The molecule has 0 aromatic heterocycles. The lowest BCUT2D eigenvalue weighted by molar-refractivity contribution is 0.103. The molecule has 2 fully saturated rings. The number of allylic oxidation sites excluding steroid dienone is 2. The van der Waals surface area contributed by atoms with Gasteiger partial charge < -0.3 is 10.6 Å². The highest BCUT2D eigenvalue weighted by molar-refractivity contribution is 6.07. The third kappa shape index (κ3) is 4.06. The number of nitrogens with one attached hydrogen (secondary N) is 2. The van der Waals surface area contributed by atoms with E-state index in [1.165, 1.54) is 12.8 Å². The van der Waals surface area contributed by atoms with Crippen LogP contribution in [0.2, 0.25) is 0 Å². The summed E-state index contributed by atoms with van der Waals surface area (Å²) in [5.74, 6) is -0.144. The maximum absolute atomic E-state index is 12.7. The molecule has 1 aliphatic heterocycles. The Morgan fingerprint density at radius 1 is 0.679 bits per heavy atom. The number of piperazine rings is 1. The minimum atomic E-state index is -0.0720. The Hall–Kier alpha value is -3.14. The Kier molecular flexibility index (Phi) is 5.38. The minimum Gasteiger partial charge on any atom is -0.378 e. The van der Waals surface area contributed by atoms with Crippen LogP contribution >= 0.6 is 0 Å². The average molecular weight is 372 g/mol. The SMILES string of the molecule is O=C(/C=C1\N[C@H]2CCCC[C@H]2N\C1=C\C(=O)c1ccccc1)c1ccccc1. The molecule has 4 heteroatoms. The van der Waals surface area contributed by atoms with Crippen LogP contribution in [0.1, 0.15) is 46.4 Å². The molecule has 0 bridgehead atoms. The standard InChI is InChI=1S/C24H24N2O2/c27-23(17-9-3-1-4-10-17)15-21-22(16-24(28)18-11-5-2-6-12-18)26-20-14-8-7-13-19(20)25-21/h1-6,9-12,15-16,19-20,25-26H,7-8,13-14H2/b21-15-,22-16+/t19-,20+/m0/s1. The van der Waals surface area contributed by atoms with Gasteiger partial charge in [-0.25, -0.2) is 0 Å². The van der Waals surface area contributed by atoms with Crippen molar-refractivity contribution in [3.05, 3.63) is 95.3 Å². The molecule has 1 aliphatic carbocycles. The van der Waals surface area contributed by atoms with E-state index in [1.54, 1.807) is 36.4 Å².